The zero-order valence-electron chi connectivity index (χ0n) is 26.3. The number of likely N-dealkylation sites (tertiary alicyclic amines) is 1. The second kappa shape index (κ2) is 14.3. The minimum absolute atomic E-state index is 0.126. The van der Waals surface area contributed by atoms with Gasteiger partial charge in [0, 0.05) is 24.0 Å². The van der Waals surface area contributed by atoms with E-state index in [1.165, 1.54) is 6.07 Å². The summed E-state index contributed by atoms with van der Waals surface area (Å²) in [5.41, 5.74) is 5.03. The molecule has 46 heavy (non-hydrogen) atoms. The lowest BCUT2D eigenvalue weighted by Crippen LogP contribution is -2.63. The average molecular weight is 649 g/mol. The Hall–Kier alpha value is -3.78. The van der Waals surface area contributed by atoms with E-state index in [9.17, 15) is 37.5 Å². The van der Waals surface area contributed by atoms with E-state index in [4.69, 9.17) is 5.73 Å². The van der Waals surface area contributed by atoms with Gasteiger partial charge in [-0.25, -0.2) is 4.98 Å². The van der Waals surface area contributed by atoms with Gasteiger partial charge in [-0.1, -0.05) is 43.5 Å². The van der Waals surface area contributed by atoms with Crippen molar-refractivity contribution in [3.05, 3.63) is 42.1 Å². The molecule has 0 spiro atoms. The van der Waals surface area contributed by atoms with Crippen LogP contribution in [0.3, 0.4) is 0 Å². The van der Waals surface area contributed by atoms with Crippen molar-refractivity contribution in [3.8, 4) is 0 Å². The molecule has 4 rings (SSSR count). The first-order valence-electron chi connectivity index (χ1n) is 15.6. The number of alkyl halides is 3. The third kappa shape index (κ3) is 9.15. The predicted molar refractivity (Wildman–Crippen MR) is 164 cm³/mol. The van der Waals surface area contributed by atoms with Crippen LogP contribution in [0.2, 0.25) is 0 Å². The summed E-state index contributed by atoms with van der Waals surface area (Å²) in [4.78, 5) is 57.0. The third-order valence-corrected chi connectivity index (χ3v) is 8.62. The first-order valence-corrected chi connectivity index (χ1v) is 15.6. The number of carbonyl (C=O) groups excluding carboxylic acids is 4. The van der Waals surface area contributed by atoms with E-state index in [1.807, 2.05) is 20.8 Å². The normalized spacial score (nSPS) is 22.6. The highest BCUT2D eigenvalue weighted by atomic mass is 19.4. The molecule has 11 nitrogen and oxygen atoms in total. The van der Waals surface area contributed by atoms with Gasteiger partial charge >= 0.3 is 6.18 Å². The number of benzene rings is 1. The maximum atomic E-state index is 14.4. The molecule has 6 unspecified atom stereocenters. The number of halogens is 3. The molecule has 6 N–H and O–H groups in total. The van der Waals surface area contributed by atoms with Gasteiger partial charge in [0.1, 0.15) is 11.7 Å². The summed E-state index contributed by atoms with van der Waals surface area (Å²) in [6.07, 6.45) is -3.79. The van der Waals surface area contributed by atoms with Crippen LogP contribution in [0.5, 0.6) is 0 Å². The van der Waals surface area contributed by atoms with E-state index in [-0.39, 0.29) is 23.4 Å². The number of nitrogens with zero attached hydrogens (tertiary/aromatic N) is 2. The lowest BCUT2D eigenvalue weighted by atomic mass is 9.72. The van der Waals surface area contributed by atoms with Crippen molar-refractivity contribution in [1.29, 1.82) is 0 Å². The molecule has 1 saturated heterocycles. The molecule has 0 radical (unpaired) electrons. The van der Waals surface area contributed by atoms with Crippen LogP contribution in [0.1, 0.15) is 69.8 Å². The van der Waals surface area contributed by atoms with E-state index in [2.05, 4.69) is 15.6 Å². The number of amides is 4. The lowest BCUT2D eigenvalue weighted by molar-refractivity contribution is -0.185. The first kappa shape index (κ1) is 35.1. The van der Waals surface area contributed by atoms with Gasteiger partial charge in [-0.2, -0.15) is 13.2 Å². The van der Waals surface area contributed by atoms with Crippen LogP contribution in [-0.4, -0.2) is 87.7 Å². The number of aliphatic hydroxyl groups excluding tert-OH is 1. The monoisotopic (exact) mass is 648 g/mol. The number of aromatic nitrogens is 1. The summed E-state index contributed by atoms with van der Waals surface area (Å²) in [5.74, 6) is -3.20. The van der Waals surface area contributed by atoms with Gasteiger partial charge in [0.05, 0.1) is 24.1 Å². The van der Waals surface area contributed by atoms with Crippen molar-refractivity contribution in [2.24, 2.45) is 17.6 Å². The molecule has 252 valence electrons. The largest absolute Gasteiger partial charge is 0.411 e. The van der Waals surface area contributed by atoms with E-state index >= 15 is 0 Å². The molecule has 2 aromatic rings. The number of carbonyl (C=O) groups is 4. The first-order chi connectivity index (χ1) is 21.5. The topological polar surface area (TPSA) is 167 Å². The summed E-state index contributed by atoms with van der Waals surface area (Å²) in [7, 11) is 0. The van der Waals surface area contributed by atoms with Gasteiger partial charge in [-0.05, 0) is 57.6 Å². The van der Waals surface area contributed by atoms with Crippen molar-refractivity contribution >= 4 is 34.5 Å². The number of rotatable bonds is 10. The molecule has 4 amide bonds. The summed E-state index contributed by atoms with van der Waals surface area (Å²) >= 11 is 0. The minimum atomic E-state index is -5.11. The number of nitrogens with two attached hydrogens (primary N) is 1. The fourth-order valence-corrected chi connectivity index (χ4v) is 6.46. The van der Waals surface area contributed by atoms with Gasteiger partial charge in [-0.3, -0.25) is 24.1 Å². The fraction of sp³-hybridized carbons (Fsp3) is 0.594. The Morgan fingerprint density at radius 1 is 1.02 bits per heavy atom. The number of β-amino-alcohol motifs (C(OH)–C–C–N with tert-alkyl or cyclic N) is 1. The van der Waals surface area contributed by atoms with E-state index in [0.29, 0.717) is 18.5 Å². The van der Waals surface area contributed by atoms with Crippen LogP contribution in [0.15, 0.2) is 36.4 Å². The Morgan fingerprint density at radius 3 is 2.35 bits per heavy atom. The number of primary amides is 1. The van der Waals surface area contributed by atoms with Crippen molar-refractivity contribution in [3.63, 3.8) is 0 Å². The lowest BCUT2D eigenvalue weighted by Gasteiger charge is -2.47. The SMILES string of the molecule is CC(C)(C)NC(=O)C1CC2CCCCC2CN1CC(O)C(NC(=O)C(CC(N)=O)NC(=O)c1ccc2ccccc2n1)C(F)(F)F. The van der Waals surface area contributed by atoms with Crippen molar-refractivity contribution in [2.75, 3.05) is 13.1 Å². The molecule has 1 aromatic carbocycles. The summed E-state index contributed by atoms with van der Waals surface area (Å²) in [6, 6.07) is 4.60. The molecule has 1 aliphatic heterocycles. The Kier molecular flexibility index (Phi) is 10.9. The molecule has 2 heterocycles. The molecular weight excluding hydrogens is 605 g/mol. The van der Waals surface area contributed by atoms with Crippen LogP contribution < -0.4 is 21.7 Å². The average Bonchev–Trinajstić information content (AvgIpc) is 2.97. The molecule has 6 atom stereocenters. The van der Waals surface area contributed by atoms with Gasteiger partial charge in [0.15, 0.2) is 6.04 Å². The van der Waals surface area contributed by atoms with Crippen molar-refractivity contribution in [1.82, 2.24) is 25.8 Å². The van der Waals surface area contributed by atoms with Gasteiger partial charge in [0.2, 0.25) is 17.7 Å². The summed E-state index contributed by atoms with van der Waals surface area (Å²) in [5, 5.41) is 18.7. The summed E-state index contributed by atoms with van der Waals surface area (Å²) in [6.45, 7) is 5.22. The number of fused-ring (bicyclic) bond motifs is 2. The zero-order valence-corrected chi connectivity index (χ0v) is 26.3. The van der Waals surface area contributed by atoms with Gasteiger partial charge in [0.25, 0.3) is 5.91 Å². The van der Waals surface area contributed by atoms with Crippen LogP contribution in [0.4, 0.5) is 13.2 Å². The quantitative estimate of drug-likeness (QED) is 0.264. The molecule has 1 aromatic heterocycles. The second-order valence-corrected chi connectivity index (χ2v) is 13.4. The maximum absolute atomic E-state index is 14.4. The van der Waals surface area contributed by atoms with Crippen LogP contribution in [-0.2, 0) is 14.4 Å². The van der Waals surface area contributed by atoms with Gasteiger partial charge in [-0.15, -0.1) is 0 Å². The zero-order chi connectivity index (χ0) is 33.8. The summed E-state index contributed by atoms with van der Waals surface area (Å²) < 4.78 is 43.1. The van der Waals surface area contributed by atoms with Crippen LogP contribution >= 0.6 is 0 Å². The van der Waals surface area contributed by atoms with Crippen molar-refractivity contribution in [2.45, 2.75) is 95.2 Å². The molecule has 1 saturated carbocycles. The number of hydrogen-bond donors (Lipinski definition) is 5. The van der Waals surface area contributed by atoms with E-state index in [0.717, 1.165) is 31.1 Å². The second-order valence-electron chi connectivity index (χ2n) is 13.4. The van der Waals surface area contributed by atoms with Gasteiger partial charge < -0.3 is 26.8 Å². The standard InChI is InChI=1S/C32H43F3N6O5/c1-31(2,3)40-30(46)24-14-19-9-4-5-10-20(19)16-41(24)17-25(42)27(32(33,34)35)39-29(45)23(15-26(36)43)38-28(44)22-13-12-18-8-6-7-11-21(18)37-22/h6-8,11-13,19-20,23-25,27,42H,4-5,9-10,14-17H2,1-3H3,(H2,36,43)(H,38,44)(H,39,45)(H,40,46). The Balaban J connectivity index is 1.51. The Morgan fingerprint density at radius 2 is 1.70 bits per heavy atom. The number of pyridine rings is 1. The van der Waals surface area contributed by atoms with E-state index < -0.39 is 66.6 Å². The minimum Gasteiger partial charge on any atom is -0.389 e. The number of piperidine rings is 1. The predicted octanol–water partition coefficient (Wildman–Crippen LogP) is 2.41. The Labute approximate surface area is 265 Å². The molecule has 2 fully saturated rings. The van der Waals surface area contributed by atoms with Crippen molar-refractivity contribution < 1.29 is 37.5 Å². The van der Waals surface area contributed by atoms with Crippen LogP contribution in [0.25, 0.3) is 10.9 Å². The molecule has 2 aliphatic rings. The van der Waals surface area contributed by atoms with E-state index in [1.54, 1.807) is 40.5 Å². The highest BCUT2D eigenvalue weighted by Gasteiger charge is 2.49. The maximum Gasteiger partial charge on any atom is 0.411 e. The molecule has 0 bridgehead atoms. The number of hydrogen-bond acceptors (Lipinski definition) is 7. The molecular formula is C32H43F3N6O5. The molecule has 1 aliphatic carbocycles. The number of nitrogens with one attached hydrogen (secondary N) is 3. The molecule has 14 heteroatoms. The fourth-order valence-electron chi connectivity index (χ4n) is 6.46. The highest BCUT2D eigenvalue weighted by molar-refractivity contribution is 5.99. The number of para-hydroxylation sites is 1. The third-order valence-electron chi connectivity index (χ3n) is 8.62. The highest BCUT2D eigenvalue weighted by Crippen LogP contribution is 2.39. The van der Waals surface area contributed by atoms with Crippen LogP contribution in [0, 0.1) is 11.8 Å². The smallest absolute Gasteiger partial charge is 0.389 e. The Bertz CT molecular complexity index is 1430. The number of aliphatic hydroxyl groups is 1.